The zero-order chi connectivity index (χ0) is 14.4. The second kappa shape index (κ2) is 7.36. The Labute approximate surface area is 128 Å². The fourth-order valence-corrected chi connectivity index (χ4v) is 2.82. The Balaban J connectivity index is 1.99. The van der Waals surface area contributed by atoms with E-state index < -0.39 is 0 Å². The molecule has 0 N–H and O–H groups in total. The maximum absolute atomic E-state index is 12.2. The van der Waals surface area contributed by atoms with Crippen molar-refractivity contribution in [2.24, 2.45) is 0 Å². The summed E-state index contributed by atoms with van der Waals surface area (Å²) in [6.07, 6.45) is 0. The summed E-state index contributed by atoms with van der Waals surface area (Å²) in [5.41, 5.74) is 0.672. The van der Waals surface area contributed by atoms with E-state index >= 15 is 0 Å². The summed E-state index contributed by atoms with van der Waals surface area (Å²) in [7, 11) is 0. The molecular formula is C16H15ClO2S. The number of carbonyl (C=O) groups is 1. The predicted octanol–water partition coefficient (Wildman–Crippen LogP) is 4.71. The van der Waals surface area contributed by atoms with E-state index in [9.17, 15) is 4.79 Å². The van der Waals surface area contributed by atoms with E-state index in [1.165, 1.54) is 11.8 Å². The standard InChI is InChI=1S/C16H15ClO2S/c1-2-19-14-7-3-5-12(9-14)16(18)11-20-15-8-4-6-13(17)10-15/h3-10H,2,11H2,1H3. The van der Waals surface area contributed by atoms with Gasteiger partial charge in [0, 0.05) is 15.5 Å². The third-order valence-corrected chi connectivity index (χ3v) is 3.86. The number of Topliss-reactive ketones (excluding diaryl/α,β-unsaturated/α-hetero) is 1. The van der Waals surface area contributed by atoms with Crippen LogP contribution in [0.3, 0.4) is 0 Å². The number of halogens is 1. The molecule has 0 heterocycles. The molecule has 0 bridgehead atoms. The molecule has 0 aliphatic heterocycles. The van der Waals surface area contributed by atoms with Gasteiger partial charge in [-0.2, -0.15) is 0 Å². The van der Waals surface area contributed by atoms with Gasteiger partial charge in [-0.25, -0.2) is 0 Å². The van der Waals surface area contributed by atoms with Crippen molar-refractivity contribution in [3.8, 4) is 5.75 Å². The highest BCUT2D eigenvalue weighted by Gasteiger charge is 2.08. The van der Waals surface area contributed by atoms with Crippen LogP contribution in [0.25, 0.3) is 0 Å². The van der Waals surface area contributed by atoms with Gasteiger partial charge in [-0.05, 0) is 37.3 Å². The van der Waals surface area contributed by atoms with Gasteiger partial charge < -0.3 is 4.74 Å². The number of ether oxygens (including phenoxy) is 1. The Morgan fingerprint density at radius 1 is 1.20 bits per heavy atom. The van der Waals surface area contributed by atoms with Gasteiger partial charge in [0.05, 0.1) is 12.4 Å². The van der Waals surface area contributed by atoms with Crippen LogP contribution in [0.4, 0.5) is 0 Å². The van der Waals surface area contributed by atoms with E-state index in [2.05, 4.69) is 0 Å². The molecule has 4 heteroatoms. The minimum absolute atomic E-state index is 0.0801. The molecule has 104 valence electrons. The van der Waals surface area contributed by atoms with Gasteiger partial charge in [0.1, 0.15) is 5.75 Å². The van der Waals surface area contributed by atoms with Crippen molar-refractivity contribution in [2.75, 3.05) is 12.4 Å². The Hall–Kier alpha value is -1.45. The number of ketones is 1. The average Bonchev–Trinajstić information content (AvgIpc) is 2.45. The Morgan fingerprint density at radius 2 is 2.00 bits per heavy atom. The number of hydrogen-bond donors (Lipinski definition) is 0. The number of thioether (sulfide) groups is 1. The van der Waals surface area contributed by atoms with E-state index in [0.717, 1.165) is 10.6 Å². The third kappa shape index (κ3) is 4.29. The van der Waals surface area contributed by atoms with Crippen LogP contribution in [-0.4, -0.2) is 18.1 Å². The fraction of sp³-hybridized carbons (Fsp3) is 0.188. The lowest BCUT2D eigenvalue weighted by molar-refractivity contribution is 0.102. The first-order chi connectivity index (χ1) is 9.69. The second-order valence-corrected chi connectivity index (χ2v) is 5.62. The van der Waals surface area contributed by atoms with Crippen molar-refractivity contribution in [2.45, 2.75) is 11.8 Å². The normalized spacial score (nSPS) is 10.3. The summed E-state index contributed by atoms with van der Waals surface area (Å²) in [6.45, 7) is 2.51. The van der Waals surface area contributed by atoms with Crippen LogP contribution in [0.5, 0.6) is 5.75 Å². The van der Waals surface area contributed by atoms with Crippen LogP contribution in [0.2, 0.25) is 5.02 Å². The molecule has 0 aliphatic rings. The monoisotopic (exact) mass is 306 g/mol. The van der Waals surface area contributed by atoms with Crippen molar-refractivity contribution in [3.63, 3.8) is 0 Å². The molecule has 0 aromatic heterocycles. The first kappa shape index (κ1) is 14.9. The molecule has 0 spiro atoms. The molecule has 0 unspecified atom stereocenters. The lowest BCUT2D eigenvalue weighted by atomic mass is 10.1. The smallest absolute Gasteiger partial charge is 0.173 e. The van der Waals surface area contributed by atoms with Crippen molar-refractivity contribution in [1.29, 1.82) is 0 Å². The summed E-state index contributed by atoms with van der Waals surface area (Å²) in [4.78, 5) is 13.1. The van der Waals surface area contributed by atoms with E-state index in [1.807, 2.05) is 49.4 Å². The summed E-state index contributed by atoms with van der Waals surface area (Å²) < 4.78 is 5.40. The summed E-state index contributed by atoms with van der Waals surface area (Å²) >= 11 is 7.40. The average molecular weight is 307 g/mol. The Bertz CT molecular complexity index is 599. The largest absolute Gasteiger partial charge is 0.494 e. The van der Waals surface area contributed by atoms with Crippen LogP contribution in [-0.2, 0) is 0 Å². The maximum atomic E-state index is 12.2. The van der Waals surface area contributed by atoms with Crippen LogP contribution < -0.4 is 4.74 Å². The van der Waals surface area contributed by atoms with E-state index in [1.54, 1.807) is 6.07 Å². The third-order valence-electron chi connectivity index (χ3n) is 2.63. The molecule has 0 atom stereocenters. The minimum Gasteiger partial charge on any atom is -0.494 e. The van der Waals surface area contributed by atoms with Gasteiger partial charge in [-0.3, -0.25) is 4.79 Å². The maximum Gasteiger partial charge on any atom is 0.173 e. The molecule has 2 nitrogen and oxygen atoms in total. The van der Waals surface area contributed by atoms with Gasteiger partial charge in [-0.15, -0.1) is 11.8 Å². The Kier molecular flexibility index (Phi) is 5.50. The lowest BCUT2D eigenvalue weighted by Gasteiger charge is -2.06. The molecule has 2 aromatic rings. The van der Waals surface area contributed by atoms with Gasteiger partial charge in [-0.1, -0.05) is 29.8 Å². The minimum atomic E-state index is 0.0801. The molecule has 0 saturated carbocycles. The van der Waals surface area contributed by atoms with Gasteiger partial charge in [0.25, 0.3) is 0 Å². The first-order valence-corrected chi connectivity index (χ1v) is 7.70. The van der Waals surface area contributed by atoms with Gasteiger partial charge >= 0.3 is 0 Å². The van der Waals surface area contributed by atoms with Crippen LogP contribution in [0.15, 0.2) is 53.4 Å². The second-order valence-electron chi connectivity index (χ2n) is 4.13. The van der Waals surface area contributed by atoms with E-state index in [0.29, 0.717) is 22.9 Å². The highest BCUT2D eigenvalue weighted by atomic mass is 35.5. The fourth-order valence-electron chi connectivity index (χ4n) is 1.71. The summed E-state index contributed by atoms with van der Waals surface area (Å²) in [5.74, 6) is 1.19. The molecule has 0 amide bonds. The zero-order valence-corrected chi connectivity index (χ0v) is 12.7. The quantitative estimate of drug-likeness (QED) is 0.571. The highest BCUT2D eigenvalue weighted by molar-refractivity contribution is 8.00. The molecule has 0 fully saturated rings. The van der Waals surface area contributed by atoms with E-state index in [-0.39, 0.29) is 5.78 Å². The molecule has 0 aliphatic carbocycles. The lowest BCUT2D eigenvalue weighted by Crippen LogP contribution is -2.03. The van der Waals surface area contributed by atoms with Crippen LogP contribution in [0, 0.1) is 0 Å². The molecule has 0 saturated heterocycles. The number of benzene rings is 2. The van der Waals surface area contributed by atoms with Crippen molar-refractivity contribution in [1.82, 2.24) is 0 Å². The molecule has 2 aromatic carbocycles. The molecule has 20 heavy (non-hydrogen) atoms. The number of rotatable bonds is 6. The summed E-state index contributed by atoms with van der Waals surface area (Å²) in [6, 6.07) is 14.8. The predicted molar refractivity (Wildman–Crippen MR) is 84.1 cm³/mol. The van der Waals surface area contributed by atoms with Crippen molar-refractivity contribution >= 4 is 29.1 Å². The van der Waals surface area contributed by atoms with Crippen molar-refractivity contribution < 1.29 is 9.53 Å². The number of carbonyl (C=O) groups excluding carboxylic acids is 1. The topological polar surface area (TPSA) is 26.3 Å². The van der Waals surface area contributed by atoms with Crippen LogP contribution in [0.1, 0.15) is 17.3 Å². The SMILES string of the molecule is CCOc1cccc(C(=O)CSc2cccc(Cl)c2)c1. The first-order valence-electron chi connectivity index (χ1n) is 6.33. The molecule has 0 radical (unpaired) electrons. The van der Waals surface area contributed by atoms with Crippen LogP contribution >= 0.6 is 23.4 Å². The van der Waals surface area contributed by atoms with Gasteiger partial charge in [0.2, 0.25) is 0 Å². The molecule has 2 rings (SSSR count). The van der Waals surface area contributed by atoms with Crippen molar-refractivity contribution in [3.05, 3.63) is 59.1 Å². The Morgan fingerprint density at radius 3 is 2.75 bits per heavy atom. The highest BCUT2D eigenvalue weighted by Crippen LogP contribution is 2.23. The number of hydrogen-bond acceptors (Lipinski definition) is 3. The molecular weight excluding hydrogens is 292 g/mol. The zero-order valence-electron chi connectivity index (χ0n) is 11.1. The van der Waals surface area contributed by atoms with Gasteiger partial charge in [0.15, 0.2) is 5.78 Å². The summed E-state index contributed by atoms with van der Waals surface area (Å²) in [5, 5.41) is 0.681. The van der Waals surface area contributed by atoms with E-state index in [4.69, 9.17) is 16.3 Å².